The molecule has 32 heavy (non-hydrogen) atoms. The van der Waals surface area contributed by atoms with Crippen LogP contribution in [-0.4, -0.2) is 28.8 Å². The van der Waals surface area contributed by atoms with Crippen LogP contribution in [0, 0.1) is 11.8 Å². The van der Waals surface area contributed by atoms with Crippen molar-refractivity contribution in [2.45, 2.75) is 102 Å². The molecule has 0 spiro atoms. The van der Waals surface area contributed by atoms with Crippen molar-refractivity contribution < 1.29 is 9.59 Å². The monoisotopic (exact) mass is 459 g/mol. The Morgan fingerprint density at radius 3 is 2.22 bits per heavy atom. The number of anilines is 1. The fourth-order valence-electron chi connectivity index (χ4n) is 5.77. The minimum absolute atomic E-state index is 0.104. The van der Waals surface area contributed by atoms with Crippen molar-refractivity contribution in [1.29, 1.82) is 0 Å². The minimum Gasteiger partial charge on any atom is -0.335 e. The number of nitrogens with zero attached hydrogens (tertiary/aromatic N) is 1. The molecule has 0 heterocycles. The Hall–Kier alpha value is -1.59. The van der Waals surface area contributed by atoms with E-state index in [9.17, 15) is 9.59 Å². The van der Waals surface area contributed by atoms with E-state index in [2.05, 4.69) is 10.2 Å². The summed E-state index contributed by atoms with van der Waals surface area (Å²) < 4.78 is 0. The molecule has 0 aromatic heterocycles. The van der Waals surface area contributed by atoms with Gasteiger partial charge in [-0.25, -0.2) is 0 Å². The van der Waals surface area contributed by atoms with Crippen molar-refractivity contribution in [1.82, 2.24) is 4.90 Å². The van der Waals surface area contributed by atoms with Crippen LogP contribution < -0.4 is 11.1 Å². The predicted octanol–water partition coefficient (Wildman–Crippen LogP) is 5.65. The Balaban J connectivity index is 1.51. The largest absolute Gasteiger partial charge is 0.335 e. The minimum atomic E-state index is 0.104. The zero-order chi connectivity index (χ0) is 22.5. The fraction of sp³-hybridized carbons (Fsp3) is 0.692. The number of benzene rings is 1. The van der Waals surface area contributed by atoms with Crippen molar-refractivity contribution in [2.24, 2.45) is 17.6 Å². The van der Waals surface area contributed by atoms with Crippen LogP contribution in [-0.2, 0) is 16.1 Å². The van der Waals surface area contributed by atoms with Gasteiger partial charge in [-0.3, -0.25) is 9.59 Å². The summed E-state index contributed by atoms with van der Waals surface area (Å²) in [5, 5.41) is 3.74. The van der Waals surface area contributed by atoms with E-state index in [0.29, 0.717) is 11.6 Å². The van der Waals surface area contributed by atoms with Gasteiger partial charge in [0.05, 0.1) is 0 Å². The number of hydrogen-bond acceptors (Lipinski definition) is 3. The van der Waals surface area contributed by atoms with Gasteiger partial charge in [0.25, 0.3) is 0 Å². The standard InChI is InChI=1S/C26H38ClN3O2/c27-24-15-12-22(29-25(31)18-6-4-5-7-18)16-20(24)17-30(23-13-10-21(28)11-14-23)26(32)19-8-2-1-3-9-19/h12,15-16,18-19,21,23H,1-11,13-14,17,28H2,(H,29,31). The molecule has 0 bridgehead atoms. The smallest absolute Gasteiger partial charge is 0.227 e. The van der Waals surface area contributed by atoms with Crippen molar-refractivity contribution in [3.05, 3.63) is 28.8 Å². The van der Waals surface area contributed by atoms with Crippen molar-refractivity contribution in [2.75, 3.05) is 5.32 Å². The van der Waals surface area contributed by atoms with E-state index in [1.165, 1.54) is 6.42 Å². The number of nitrogens with two attached hydrogens (primary N) is 1. The highest BCUT2D eigenvalue weighted by atomic mass is 35.5. The normalized spacial score (nSPS) is 24.9. The van der Waals surface area contributed by atoms with Crippen LogP contribution in [0.2, 0.25) is 5.02 Å². The van der Waals surface area contributed by atoms with Gasteiger partial charge in [-0.05, 0) is 75.1 Å². The van der Waals surface area contributed by atoms with E-state index in [4.69, 9.17) is 17.3 Å². The Labute approximate surface area is 197 Å². The molecule has 176 valence electrons. The molecule has 0 aliphatic heterocycles. The summed E-state index contributed by atoms with van der Waals surface area (Å²) >= 11 is 6.59. The average molecular weight is 460 g/mol. The van der Waals surface area contributed by atoms with E-state index >= 15 is 0 Å². The highest BCUT2D eigenvalue weighted by Gasteiger charge is 2.33. The number of carbonyl (C=O) groups is 2. The molecule has 3 N–H and O–H groups in total. The van der Waals surface area contributed by atoms with E-state index in [0.717, 1.165) is 88.3 Å². The van der Waals surface area contributed by atoms with E-state index in [-0.39, 0.29) is 35.7 Å². The lowest BCUT2D eigenvalue weighted by atomic mass is 9.85. The molecule has 0 atom stereocenters. The maximum Gasteiger partial charge on any atom is 0.227 e. The first-order valence-corrected chi connectivity index (χ1v) is 13.0. The molecule has 1 aromatic carbocycles. The second-order valence-corrected chi connectivity index (χ2v) is 10.6. The highest BCUT2D eigenvalue weighted by molar-refractivity contribution is 6.31. The lowest BCUT2D eigenvalue weighted by Gasteiger charge is -2.39. The lowest BCUT2D eigenvalue weighted by Crippen LogP contribution is -2.46. The Morgan fingerprint density at radius 1 is 0.906 bits per heavy atom. The summed E-state index contributed by atoms with van der Waals surface area (Å²) in [5.41, 5.74) is 7.83. The van der Waals surface area contributed by atoms with Crippen molar-refractivity contribution in [3.8, 4) is 0 Å². The molecule has 2 amide bonds. The zero-order valence-corrected chi connectivity index (χ0v) is 19.9. The molecule has 0 unspecified atom stereocenters. The second kappa shape index (κ2) is 11.0. The van der Waals surface area contributed by atoms with E-state index in [1.54, 1.807) is 0 Å². The third-order valence-corrected chi connectivity index (χ3v) is 8.17. The van der Waals surface area contributed by atoms with Gasteiger partial charge >= 0.3 is 0 Å². The molecule has 4 rings (SSSR count). The molecule has 0 saturated heterocycles. The van der Waals surface area contributed by atoms with Crippen LogP contribution in [0.25, 0.3) is 0 Å². The molecule has 1 aromatic rings. The third kappa shape index (κ3) is 5.85. The van der Waals surface area contributed by atoms with Gasteiger partial charge in [-0.15, -0.1) is 0 Å². The van der Waals surface area contributed by atoms with Gasteiger partial charge in [0.2, 0.25) is 11.8 Å². The summed E-state index contributed by atoms with van der Waals surface area (Å²) in [6, 6.07) is 6.14. The third-order valence-electron chi connectivity index (χ3n) is 7.80. The first kappa shape index (κ1) is 23.6. The molecule has 3 saturated carbocycles. The van der Waals surface area contributed by atoms with Crippen LogP contribution >= 0.6 is 11.6 Å². The van der Waals surface area contributed by atoms with E-state index < -0.39 is 0 Å². The molecular formula is C26H38ClN3O2. The Bertz CT molecular complexity index is 794. The van der Waals surface area contributed by atoms with Gasteiger partial charge in [0, 0.05) is 41.2 Å². The summed E-state index contributed by atoms with van der Waals surface area (Å²) in [6.45, 7) is 0.501. The molecule has 0 radical (unpaired) electrons. The van der Waals surface area contributed by atoms with Gasteiger partial charge in [-0.1, -0.05) is 43.7 Å². The first-order valence-electron chi connectivity index (χ1n) is 12.7. The molecule has 3 fully saturated rings. The predicted molar refractivity (Wildman–Crippen MR) is 129 cm³/mol. The van der Waals surface area contributed by atoms with Crippen LogP contribution in [0.1, 0.15) is 89.0 Å². The number of halogens is 1. The highest BCUT2D eigenvalue weighted by Crippen LogP contribution is 2.32. The van der Waals surface area contributed by atoms with E-state index in [1.807, 2.05) is 18.2 Å². The summed E-state index contributed by atoms with van der Waals surface area (Å²) in [6.07, 6.45) is 13.5. The van der Waals surface area contributed by atoms with Gasteiger partial charge in [0.1, 0.15) is 0 Å². The fourth-order valence-corrected chi connectivity index (χ4v) is 5.95. The number of hydrogen-bond donors (Lipinski definition) is 2. The van der Waals surface area contributed by atoms with Gasteiger partial charge in [-0.2, -0.15) is 0 Å². The maximum atomic E-state index is 13.6. The first-order chi connectivity index (χ1) is 15.5. The molecule has 5 nitrogen and oxygen atoms in total. The molecule has 6 heteroatoms. The van der Waals surface area contributed by atoms with Crippen LogP contribution in [0.3, 0.4) is 0 Å². The van der Waals surface area contributed by atoms with Crippen molar-refractivity contribution in [3.63, 3.8) is 0 Å². The SMILES string of the molecule is NC1CCC(N(Cc2cc(NC(=O)C3CCCC3)ccc2Cl)C(=O)C2CCCCC2)CC1. The number of carbonyl (C=O) groups excluding carboxylic acids is 2. The summed E-state index contributed by atoms with van der Waals surface area (Å²) in [4.78, 5) is 28.3. The molecular weight excluding hydrogens is 422 g/mol. The molecule has 3 aliphatic rings. The van der Waals surface area contributed by atoms with Crippen molar-refractivity contribution >= 4 is 29.1 Å². The summed E-state index contributed by atoms with van der Waals surface area (Å²) in [7, 11) is 0. The number of rotatable bonds is 6. The van der Waals surface area contributed by atoms with Gasteiger partial charge < -0.3 is 16.0 Å². The number of amides is 2. The second-order valence-electron chi connectivity index (χ2n) is 10.1. The quantitative estimate of drug-likeness (QED) is 0.577. The van der Waals surface area contributed by atoms with Crippen LogP contribution in [0.4, 0.5) is 5.69 Å². The Morgan fingerprint density at radius 2 is 1.53 bits per heavy atom. The van der Waals surface area contributed by atoms with Crippen LogP contribution in [0.15, 0.2) is 18.2 Å². The lowest BCUT2D eigenvalue weighted by molar-refractivity contribution is -0.140. The zero-order valence-electron chi connectivity index (χ0n) is 19.2. The topological polar surface area (TPSA) is 75.4 Å². The maximum absolute atomic E-state index is 13.6. The average Bonchev–Trinajstić information content (AvgIpc) is 3.35. The summed E-state index contributed by atoms with van der Waals surface area (Å²) in [5.74, 6) is 0.627. The Kier molecular flexibility index (Phi) is 8.12. The number of nitrogens with one attached hydrogen (secondary N) is 1. The van der Waals surface area contributed by atoms with Crippen LogP contribution in [0.5, 0.6) is 0 Å². The van der Waals surface area contributed by atoms with Gasteiger partial charge in [0.15, 0.2) is 0 Å². The molecule has 3 aliphatic carbocycles.